The van der Waals surface area contributed by atoms with E-state index in [0.29, 0.717) is 35.8 Å². The molecule has 3 heterocycles. The minimum absolute atomic E-state index is 0.286. The smallest absolute Gasteiger partial charge is 0.260 e. The predicted octanol–water partition coefficient (Wildman–Crippen LogP) is 3.07. The van der Waals surface area contributed by atoms with Crippen molar-refractivity contribution in [3.63, 3.8) is 0 Å². The highest BCUT2D eigenvalue weighted by molar-refractivity contribution is 6.32. The van der Waals surface area contributed by atoms with Crippen LogP contribution in [0.4, 0.5) is 10.1 Å². The van der Waals surface area contributed by atoms with Crippen LogP contribution in [-0.2, 0) is 14.3 Å². The van der Waals surface area contributed by atoms with Gasteiger partial charge in [-0.25, -0.2) is 4.39 Å². The van der Waals surface area contributed by atoms with E-state index in [9.17, 15) is 9.18 Å². The number of hydrogen-bond donors (Lipinski definition) is 1. The lowest BCUT2D eigenvalue weighted by molar-refractivity contribution is -0.111. The Bertz CT molecular complexity index is 864. The number of benzene rings is 1. The molecule has 3 aliphatic rings. The van der Waals surface area contributed by atoms with Crippen LogP contribution in [0.25, 0.3) is 5.57 Å². The molecule has 136 valence electrons. The van der Waals surface area contributed by atoms with Gasteiger partial charge in [-0.1, -0.05) is 6.58 Å². The second kappa shape index (κ2) is 5.99. The monoisotopic (exact) mass is 356 g/mol. The van der Waals surface area contributed by atoms with Crippen molar-refractivity contribution >= 4 is 17.2 Å². The van der Waals surface area contributed by atoms with Crippen LogP contribution in [-0.4, -0.2) is 42.7 Å². The SMILES string of the molecule is C=C(C1=C/C(=C2\C(=O)Nc3cc(F)ccc32)OC1(C)C)N1CCOCC1. The summed E-state index contributed by atoms with van der Waals surface area (Å²) in [6, 6.07) is 4.26. The van der Waals surface area contributed by atoms with Crippen molar-refractivity contribution in [1.29, 1.82) is 0 Å². The maximum Gasteiger partial charge on any atom is 0.260 e. The Balaban J connectivity index is 1.75. The summed E-state index contributed by atoms with van der Waals surface area (Å²) in [5, 5.41) is 2.70. The fourth-order valence-electron chi connectivity index (χ4n) is 3.61. The summed E-state index contributed by atoms with van der Waals surface area (Å²) >= 11 is 0. The first-order chi connectivity index (χ1) is 12.4. The highest BCUT2D eigenvalue weighted by Crippen LogP contribution is 2.43. The Hall–Kier alpha value is -2.60. The van der Waals surface area contributed by atoms with Gasteiger partial charge >= 0.3 is 0 Å². The molecule has 1 amide bonds. The fourth-order valence-corrected chi connectivity index (χ4v) is 3.61. The lowest BCUT2D eigenvalue weighted by atomic mass is 9.95. The Morgan fingerprint density at radius 2 is 2.04 bits per heavy atom. The van der Waals surface area contributed by atoms with Gasteiger partial charge in [0, 0.05) is 29.9 Å². The Labute approximate surface area is 151 Å². The minimum Gasteiger partial charge on any atom is -0.482 e. The normalized spacial score (nSPS) is 24.0. The first-order valence-electron chi connectivity index (χ1n) is 8.65. The molecule has 0 spiro atoms. The number of anilines is 1. The van der Waals surface area contributed by atoms with E-state index in [4.69, 9.17) is 9.47 Å². The number of nitrogens with zero attached hydrogens (tertiary/aromatic N) is 1. The highest BCUT2D eigenvalue weighted by Gasteiger charge is 2.39. The number of halogens is 1. The van der Waals surface area contributed by atoms with Gasteiger partial charge < -0.3 is 19.7 Å². The van der Waals surface area contributed by atoms with Crippen molar-refractivity contribution in [3.8, 4) is 0 Å². The second-order valence-corrected chi connectivity index (χ2v) is 7.10. The fraction of sp³-hybridized carbons (Fsp3) is 0.350. The predicted molar refractivity (Wildman–Crippen MR) is 96.7 cm³/mol. The van der Waals surface area contributed by atoms with Gasteiger partial charge in [-0.15, -0.1) is 0 Å². The molecule has 1 saturated heterocycles. The van der Waals surface area contributed by atoms with E-state index >= 15 is 0 Å². The van der Waals surface area contributed by atoms with Gasteiger partial charge in [-0.2, -0.15) is 0 Å². The molecule has 0 unspecified atom stereocenters. The molecule has 0 aliphatic carbocycles. The number of fused-ring (bicyclic) bond motifs is 1. The first kappa shape index (κ1) is 16.8. The molecule has 1 aromatic carbocycles. The van der Waals surface area contributed by atoms with E-state index in [0.717, 1.165) is 24.4 Å². The van der Waals surface area contributed by atoms with Crippen molar-refractivity contribution in [1.82, 2.24) is 4.90 Å². The number of carbonyl (C=O) groups excluding carboxylic acids is 1. The average Bonchev–Trinajstić information content (AvgIpc) is 3.09. The summed E-state index contributed by atoms with van der Waals surface area (Å²) in [4.78, 5) is 14.6. The first-order valence-corrected chi connectivity index (χ1v) is 8.65. The van der Waals surface area contributed by atoms with Crippen molar-refractivity contribution < 1.29 is 18.7 Å². The molecule has 1 fully saturated rings. The molecule has 4 rings (SSSR count). The van der Waals surface area contributed by atoms with E-state index in [1.165, 1.54) is 12.1 Å². The number of carbonyl (C=O) groups is 1. The molecule has 0 saturated carbocycles. The molecular weight excluding hydrogens is 335 g/mol. The third kappa shape index (κ3) is 2.70. The molecule has 0 bridgehead atoms. The van der Waals surface area contributed by atoms with E-state index < -0.39 is 5.60 Å². The van der Waals surface area contributed by atoms with Crippen LogP contribution in [0.3, 0.4) is 0 Å². The van der Waals surface area contributed by atoms with E-state index in [1.807, 2.05) is 19.9 Å². The maximum atomic E-state index is 13.5. The molecule has 0 aromatic heterocycles. The zero-order chi connectivity index (χ0) is 18.5. The molecule has 0 atom stereocenters. The summed E-state index contributed by atoms with van der Waals surface area (Å²) in [5.41, 5.74) is 2.75. The number of morpholine rings is 1. The summed E-state index contributed by atoms with van der Waals surface area (Å²) in [7, 11) is 0. The lowest BCUT2D eigenvalue weighted by Gasteiger charge is -2.34. The second-order valence-electron chi connectivity index (χ2n) is 7.10. The van der Waals surface area contributed by atoms with E-state index in [2.05, 4.69) is 16.8 Å². The summed E-state index contributed by atoms with van der Waals surface area (Å²) in [6.45, 7) is 11.0. The van der Waals surface area contributed by atoms with Crippen LogP contribution in [0, 0.1) is 5.82 Å². The molecule has 3 aliphatic heterocycles. The van der Waals surface area contributed by atoms with Crippen LogP contribution in [0.2, 0.25) is 0 Å². The molecule has 6 heteroatoms. The van der Waals surface area contributed by atoms with Crippen molar-refractivity contribution in [2.75, 3.05) is 31.6 Å². The van der Waals surface area contributed by atoms with Gasteiger partial charge in [0.25, 0.3) is 5.91 Å². The largest absolute Gasteiger partial charge is 0.482 e. The Kier molecular flexibility index (Phi) is 3.88. The van der Waals surface area contributed by atoms with Crippen LogP contribution < -0.4 is 5.32 Å². The van der Waals surface area contributed by atoms with Gasteiger partial charge in [0.05, 0.1) is 24.5 Å². The minimum atomic E-state index is -0.610. The molecule has 26 heavy (non-hydrogen) atoms. The molecule has 1 N–H and O–H groups in total. The van der Waals surface area contributed by atoms with Crippen LogP contribution in [0.15, 0.2) is 47.9 Å². The number of amides is 1. The number of ether oxygens (including phenoxy) is 2. The van der Waals surface area contributed by atoms with Gasteiger partial charge in [0.15, 0.2) is 0 Å². The van der Waals surface area contributed by atoms with Gasteiger partial charge in [-0.3, -0.25) is 4.79 Å². The van der Waals surface area contributed by atoms with Crippen molar-refractivity contribution in [2.24, 2.45) is 0 Å². The number of allylic oxidation sites excluding steroid dienone is 1. The van der Waals surface area contributed by atoms with Crippen LogP contribution >= 0.6 is 0 Å². The van der Waals surface area contributed by atoms with Crippen molar-refractivity contribution in [2.45, 2.75) is 19.4 Å². The van der Waals surface area contributed by atoms with E-state index in [-0.39, 0.29) is 11.7 Å². The lowest BCUT2D eigenvalue weighted by Crippen LogP contribution is -2.38. The Morgan fingerprint density at radius 3 is 2.77 bits per heavy atom. The third-order valence-corrected chi connectivity index (χ3v) is 4.97. The Morgan fingerprint density at radius 1 is 1.31 bits per heavy atom. The molecular formula is C20H21FN2O3. The van der Waals surface area contributed by atoms with E-state index in [1.54, 1.807) is 6.07 Å². The standard InChI is InChI=1S/C20H21FN2O3/c1-12(23-6-8-25-9-7-23)15-11-17(26-20(15,2)3)18-14-5-4-13(21)10-16(14)22-19(18)24/h4-5,10-11H,1,6-9H2,2-3H3,(H,22,24)/b18-17+. The van der Waals surface area contributed by atoms with Gasteiger partial charge in [-0.05, 0) is 38.1 Å². The average molecular weight is 356 g/mol. The van der Waals surface area contributed by atoms with Gasteiger partial charge in [0.2, 0.25) is 0 Å². The van der Waals surface area contributed by atoms with Crippen LogP contribution in [0.1, 0.15) is 19.4 Å². The summed E-state index contributed by atoms with van der Waals surface area (Å²) in [6.07, 6.45) is 1.88. The quantitative estimate of drug-likeness (QED) is 0.828. The van der Waals surface area contributed by atoms with Crippen molar-refractivity contribution in [3.05, 3.63) is 59.3 Å². The van der Waals surface area contributed by atoms with Crippen LogP contribution in [0.5, 0.6) is 0 Å². The molecule has 5 nitrogen and oxygen atoms in total. The topological polar surface area (TPSA) is 50.8 Å². The highest BCUT2D eigenvalue weighted by atomic mass is 19.1. The van der Waals surface area contributed by atoms with Gasteiger partial charge in [0.1, 0.15) is 17.2 Å². The number of rotatable bonds is 2. The number of nitrogens with one attached hydrogen (secondary N) is 1. The number of hydrogen-bond acceptors (Lipinski definition) is 4. The summed E-state index contributed by atoms with van der Waals surface area (Å²) < 4.78 is 25.0. The maximum absolute atomic E-state index is 13.5. The third-order valence-electron chi connectivity index (χ3n) is 4.97. The molecule has 1 aromatic rings. The zero-order valence-corrected chi connectivity index (χ0v) is 14.9. The summed E-state index contributed by atoms with van der Waals surface area (Å²) in [5.74, 6) is -0.187. The molecule has 0 radical (unpaired) electrons. The zero-order valence-electron chi connectivity index (χ0n) is 14.9.